The second-order valence-corrected chi connectivity index (χ2v) is 7.10. The molecular formula is C23H21N5O5. The van der Waals surface area contributed by atoms with Crippen LogP contribution in [0.5, 0.6) is 0 Å². The number of carbonyl (C=O) groups is 2. The van der Waals surface area contributed by atoms with Gasteiger partial charge < -0.3 is 20.0 Å². The SMILES string of the molecule is Nc1nc2ncnc-2cn1OCC(COC(=O)c1ccccc1)COC(=O)c1ccccc1. The highest BCUT2D eigenvalue weighted by molar-refractivity contribution is 5.89. The molecule has 2 aromatic rings. The molecular weight excluding hydrogens is 426 g/mol. The van der Waals surface area contributed by atoms with E-state index < -0.39 is 17.9 Å². The number of hydrogen-bond acceptors (Lipinski definition) is 9. The van der Waals surface area contributed by atoms with E-state index in [-0.39, 0.29) is 25.8 Å². The Morgan fingerprint density at radius 2 is 1.42 bits per heavy atom. The van der Waals surface area contributed by atoms with Crippen LogP contribution in [0.3, 0.4) is 0 Å². The van der Waals surface area contributed by atoms with Gasteiger partial charge in [0.05, 0.1) is 23.2 Å². The van der Waals surface area contributed by atoms with Crippen LogP contribution in [0.1, 0.15) is 20.7 Å². The first kappa shape index (κ1) is 21.8. The summed E-state index contributed by atoms with van der Waals surface area (Å²) in [5, 5.41) is 0. The first-order valence-corrected chi connectivity index (χ1v) is 10.1. The molecule has 10 heteroatoms. The van der Waals surface area contributed by atoms with Crippen LogP contribution in [-0.2, 0) is 9.47 Å². The number of ether oxygens (including phenoxy) is 2. The van der Waals surface area contributed by atoms with E-state index in [1.54, 1.807) is 66.9 Å². The van der Waals surface area contributed by atoms with Crippen molar-refractivity contribution in [1.82, 2.24) is 19.7 Å². The highest BCUT2D eigenvalue weighted by Crippen LogP contribution is 2.15. The molecule has 0 fully saturated rings. The Hall–Kier alpha value is -4.47. The van der Waals surface area contributed by atoms with Crippen molar-refractivity contribution in [3.05, 3.63) is 84.3 Å². The quantitative estimate of drug-likeness (QED) is 0.383. The van der Waals surface area contributed by atoms with Crippen LogP contribution in [0.15, 0.2) is 73.2 Å². The number of anilines is 1. The highest BCUT2D eigenvalue weighted by Gasteiger charge is 2.19. The molecule has 33 heavy (non-hydrogen) atoms. The number of carbonyl (C=O) groups excluding carboxylic acids is 2. The van der Waals surface area contributed by atoms with Crippen molar-refractivity contribution >= 4 is 17.9 Å². The van der Waals surface area contributed by atoms with Crippen molar-refractivity contribution in [2.45, 2.75) is 0 Å². The molecule has 0 aromatic heterocycles. The lowest BCUT2D eigenvalue weighted by molar-refractivity contribution is 0.000372. The first-order chi connectivity index (χ1) is 16.1. The average Bonchev–Trinajstić information content (AvgIpc) is 3.31. The summed E-state index contributed by atoms with van der Waals surface area (Å²) in [5.74, 6) is -0.977. The largest absolute Gasteiger partial charge is 0.462 e. The van der Waals surface area contributed by atoms with Gasteiger partial charge in [-0.2, -0.15) is 9.71 Å². The molecule has 0 unspecified atom stereocenters. The summed E-state index contributed by atoms with van der Waals surface area (Å²) >= 11 is 0. The number of nitrogens with zero attached hydrogens (tertiary/aromatic N) is 4. The molecule has 4 rings (SSSR count). The molecule has 0 spiro atoms. The molecule has 2 N–H and O–H groups in total. The van der Waals surface area contributed by atoms with Gasteiger partial charge in [0.25, 0.3) is 0 Å². The van der Waals surface area contributed by atoms with E-state index in [9.17, 15) is 9.59 Å². The number of nitrogens with two attached hydrogens (primary N) is 1. The normalized spacial score (nSPS) is 10.8. The number of nitrogen functional groups attached to an aromatic ring is 1. The fraction of sp³-hybridized carbons (Fsp3) is 0.174. The van der Waals surface area contributed by atoms with Crippen LogP contribution < -0.4 is 10.6 Å². The number of imidazole rings is 1. The average molecular weight is 447 g/mol. The van der Waals surface area contributed by atoms with Gasteiger partial charge in [-0.3, -0.25) is 0 Å². The summed E-state index contributed by atoms with van der Waals surface area (Å²) in [6, 6.07) is 17.2. The second kappa shape index (κ2) is 10.2. The number of fused-ring (bicyclic) bond motifs is 1. The second-order valence-electron chi connectivity index (χ2n) is 7.10. The molecule has 2 heterocycles. The summed E-state index contributed by atoms with van der Waals surface area (Å²) in [5.41, 5.74) is 7.26. The zero-order chi connectivity index (χ0) is 23.0. The van der Waals surface area contributed by atoms with Crippen molar-refractivity contribution in [2.24, 2.45) is 5.92 Å². The molecule has 0 amide bonds. The van der Waals surface area contributed by atoms with Gasteiger partial charge >= 0.3 is 11.9 Å². The minimum atomic E-state index is -0.489. The van der Waals surface area contributed by atoms with E-state index in [1.807, 2.05) is 0 Å². The van der Waals surface area contributed by atoms with E-state index in [0.717, 1.165) is 0 Å². The highest BCUT2D eigenvalue weighted by atomic mass is 16.7. The number of rotatable bonds is 9. The van der Waals surface area contributed by atoms with Crippen LogP contribution in [0.25, 0.3) is 11.5 Å². The van der Waals surface area contributed by atoms with E-state index in [1.165, 1.54) is 11.1 Å². The Morgan fingerprint density at radius 3 is 2.00 bits per heavy atom. The number of benzene rings is 2. The van der Waals surface area contributed by atoms with Gasteiger partial charge in [0, 0.05) is 0 Å². The maximum atomic E-state index is 12.3. The van der Waals surface area contributed by atoms with Gasteiger partial charge in [0.1, 0.15) is 31.8 Å². The summed E-state index contributed by atoms with van der Waals surface area (Å²) in [6.45, 7) is -0.0510. The van der Waals surface area contributed by atoms with Crippen molar-refractivity contribution < 1.29 is 23.9 Å². The number of hydrogen-bond donors (Lipinski definition) is 1. The third kappa shape index (κ3) is 5.62. The van der Waals surface area contributed by atoms with Crippen LogP contribution in [0.4, 0.5) is 5.95 Å². The van der Waals surface area contributed by atoms with Gasteiger partial charge in [0.2, 0.25) is 5.95 Å². The fourth-order valence-electron chi connectivity index (χ4n) is 2.92. The van der Waals surface area contributed by atoms with Crippen LogP contribution >= 0.6 is 0 Å². The Kier molecular flexibility index (Phi) is 6.74. The Balaban J connectivity index is 1.41. The van der Waals surface area contributed by atoms with Crippen molar-refractivity contribution in [3.8, 4) is 11.5 Å². The molecule has 168 valence electrons. The molecule has 0 bridgehead atoms. The van der Waals surface area contributed by atoms with Crippen LogP contribution in [-0.4, -0.2) is 51.4 Å². The third-order valence-corrected chi connectivity index (χ3v) is 4.66. The molecule has 0 saturated heterocycles. The predicted molar refractivity (Wildman–Crippen MR) is 117 cm³/mol. The Morgan fingerprint density at radius 1 is 0.848 bits per heavy atom. The van der Waals surface area contributed by atoms with Gasteiger partial charge in [-0.05, 0) is 24.3 Å². The van der Waals surface area contributed by atoms with E-state index in [0.29, 0.717) is 22.6 Å². The summed E-state index contributed by atoms with van der Waals surface area (Å²) < 4.78 is 12.1. The summed E-state index contributed by atoms with van der Waals surface area (Å²) in [6.07, 6.45) is 2.92. The smallest absolute Gasteiger partial charge is 0.338 e. The van der Waals surface area contributed by atoms with Crippen molar-refractivity contribution in [3.63, 3.8) is 0 Å². The molecule has 0 saturated carbocycles. The first-order valence-electron chi connectivity index (χ1n) is 10.1. The predicted octanol–water partition coefficient (Wildman–Crippen LogP) is 2.12. The minimum absolute atomic E-state index is 0.0281. The van der Waals surface area contributed by atoms with E-state index in [2.05, 4.69) is 15.0 Å². The maximum absolute atomic E-state index is 12.3. The van der Waals surface area contributed by atoms with Crippen molar-refractivity contribution in [2.75, 3.05) is 25.6 Å². The van der Waals surface area contributed by atoms with Crippen molar-refractivity contribution in [1.29, 1.82) is 0 Å². The lowest BCUT2D eigenvalue weighted by atomic mass is 10.2. The Bertz CT molecular complexity index is 1130. The molecule has 2 aromatic carbocycles. The van der Waals surface area contributed by atoms with Gasteiger partial charge in [-0.15, -0.1) is 0 Å². The standard InChI is InChI=1S/C23H21N5O5/c24-23-27-20-19(25-15-26-20)11-28(23)33-14-16(12-31-21(29)17-7-3-1-4-8-17)13-32-22(30)18-9-5-2-6-10-18/h1-11,15-16H,12-14H2,(H2,24,25,26,27). The summed E-state index contributed by atoms with van der Waals surface area (Å²) in [7, 11) is 0. The van der Waals surface area contributed by atoms with E-state index >= 15 is 0 Å². The Labute approximate surface area is 189 Å². The number of aromatic nitrogens is 4. The molecule has 0 atom stereocenters. The van der Waals surface area contributed by atoms with Gasteiger partial charge in [-0.25, -0.2) is 19.6 Å². The summed E-state index contributed by atoms with van der Waals surface area (Å²) in [4.78, 5) is 42.6. The monoisotopic (exact) mass is 447 g/mol. The molecule has 0 radical (unpaired) electrons. The topological polar surface area (TPSA) is 131 Å². The zero-order valence-corrected chi connectivity index (χ0v) is 17.5. The number of esters is 2. The van der Waals surface area contributed by atoms with E-state index in [4.69, 9.17) is 20.0 Å². The van der Waals surface area contributed by atoms with Crippen LogP contribution in [0, 0.1) is 5.92 Å². The lowest BCUT2D eigenvalue weighted by Gasteiger charge is -2.19. The maximum Gasteiger partial charge on any atom is 0.338 e. The van der Waals surface area contributed by atoms with Crippen LogP contribution in [0.2, 0.25) is 0 Å². The third-order valence-electron chi connectivity index (χ3n) is 4.66. The fourth-order valence-corrected chi connectivity index (χ4v) is 2.92. The zero-order valence-electron chi connectivity index (χ0n) is 17.5. The molecule has 2 aliphatic heterocycles. The lowest BCUT2D eigenvalue weighted by Crippen LogP contribution is -2.30. The van der Waals surface area contributed by atoms with Gasteiger partial charge in [-0.1, -0.05) is 36.4 Å². The molecule has 10 nitrogen and oxygen atoms in total. The molecule has 0 aliphatic carbocycles. The minimum Gasteiger partial charge on any atom is -0.462 e. The molecule has 2 aliphatic rings. The van der Waals surface area contributed by atoms with Gasteiger partial charge in [0.15, 0.2) is 5.82 Å².